The number of azide groups is 1. The number of hydrogen-bond donors (Lipinski definition) is 0. The zero-order valence-electron chi connectivity index (χ0n) is 9.19. The largest absolute Gasteiger partial charge is 0.491 e. The van der Waals surface area contributed by atoms with Crippen LogP contribution in [0.3, 0.4) is 0 Å². The molecule has 1 rings (SSSR count). The van der Waals surface area contributed by atoms with Crippen LogP contribution in [0.2, 0.25) is 0 Å². The summed E-state index contributed by atoms with van der Waals surface area (Å²) < 4.78 is 42.5. The van der Waals surface area contributed by atoms with E-state index in [0.717, 1.165) is 18.2 Å². The second kappa shape index (κ2) is 4.97. The highest BCUT2D eigenvalue weighted by molar-refractivity contribution is 5.54. The van der Waals surface area contributed by atoms with Gasteiger partial charge in [0.15, 0.2) is 0 Å². The van der Waals surface area contributed by atoms with Gasteiger partial charge in [0.25, 0.3) is 0 Å². The minimum Gasteiger partial charge on any atom is -0.491 e. The van der Waals surface area contributed by atoms with Crippen LogP contribution in [0.25, 0.3) is 10.4 Å². The van der Waals surface area contributed by atoms with Gasteiger partial charge < -0.3 is 4.74 Å². The number of rotatable bonds is 3. The molecule has 0 aromatic heterocycles. The molecule has 92 valence electrons. The molecule has 1 aromatic carbocycles. The van der Waals surface area contributed by atoms with Gasteiger partial charge in [-0.05, 0) is 37.6 Å². The second-order valence-electron chi connectivity index (χ2n) is 3.54. The van der Waals surface area contributed by atoms with E-state index < -0.39 is 11.7 Å². The molecule has 0 radical (unpaired) electrons. The van der Waals surface area contributed by atoms with E-state index in [1.54, 1.807) is 13.8 Å². The highest BCUT2D eigenvalue weighted by atomic mass is 19.4. The first-order chi connectivity index (χ1) is 7.84. The summed E-state index contributed by atoms with van der Waals surface area (Å²) in [6.45, 7) is 3.44. The molecule has 0 aliphatic heterocycles. The highest BCUT2D eigenvalue weighted by Gasteiger charge is 2.31. The number of halogens is 3. The van der Waals surface area contributed by atoms with Crippen molar-refractivity contribution < 1.29 is 17.9 Å². The molecule has 0 saturated heterocycles. The third-order valence-corrected chi connectivity index (χ3v) is 1.80. The van der Waals surface area contributed by atoms with Crippen LogP contribution in [0.4, 0.5) is 18.9 Å². The van der Waals surface area contributed by atoms with Crippen molar-refractivity contribution in [1.82, 2.24) is 0 Å². The van der Waals surface area contributed by atoms with Gasteiger partial charge in [-0.25, -0.2) is 0 Å². The van der Waals surface area contributed by atoms with Crippen molar-refractivity contribution in [2.45, 2.75) is 26.1 Å². The normalized spacial score (nSPS) is 11.2. The summed E-state index contributed by atoms with van der Waals surface area (Å²) in [5, 5.41) is 3.19. The van der Waals surface area contributed by atoms with Crippen LogP contribution in [0, 0.1) is 0 Å². The SMILES string of the molecule is CC(C)Oc1ccc(C(F)(F)F)cc1N=[N+]=[N-]. The molecule has 7 heteroatoms. The highest BCUT2D eigenvalue weighted by Crippen LogP contribution is 2.36. The van der Waals surface area contributed by atoms with Gasteiger partial charge in [0.1, 0.15) is 5.75 Å². The summed E-state index contributed by atoms with van der Waals surface area (Å²) in [6.07, 6.45) is -4.70. The topological polar surface area (TPSA) is 58.0 Å². The van der Waals surface area contributed by atoms with Gasteiger partial charge in [-0.15, -0.1) is 0 Å². The van der Waals surface area contributed by atoms with E-state index in [-0.39, 0.29) is 17.5 Å². The van der Waals surface area contributed by atoms with Gasteiger partial charge in [-0.1, -0.05) is 5.11 Å². The van der Waals surface area contributed by atoms with Crippen LogP contribution in [0.15, 0.2) is 23.3 Å². The Morgan fingerprint density at radius 1 is 1.35 bits per heavy atom. The zero-order valence-corrected chi connectivity index (χ0v) is 9.19. The molecule has 0 bridgehead atoms. The minimum atomic E-state index is -4.48. The van der Waals surface area contributed by atoms with Crippen LogP contribution in [-0.4, -0.2) is 6.10 Å². The van der Waals surface area contributed by atoms with Gasteiger partial charge in [0.2, 0.25) is 0 Å². The maximum Gasteiger partial charge on any atom is 0.416 e. The van der Waals surface area contributed by atoms with Crippen LogP contribution < -0.4 is 4.74 Å². The van der Waals surface area contributed by atoms with Crippen molar-refractivity contribution in [2.24, 2.45) is 5.11 Å². The van der Waals surface area contributed by atoms with Crippen molar-refractivity contribution >= 4 is 5.69 Å². The minimum absolute atomic E-state index is 0.130. The molecule has 0 atom stereocenters. The summed E-state index contributed by atoms with van der Waals surface area (Å²) in [7, 11) is 0. The van der Waals surface area contributed by atoms with E-state index >= 15 is 0 Å². The second-order valence-corrected chi connectivity index (χ2v) is 3.54. The van der Waals surface area contributed by atoms with E-state index in [1.165, 1.54) is 0 Å². The fourth-order valence-electron chi connectivity index (χ4n) is 1.17. The van der Waals surface area contributed by atoms with Gasteiger partial charge in [-0.2, -0.15) is 13.2 Å². The summed E-state index contributed by atoms with van der Waals surface area (Å²) in [5.41, 5.74) is 7.24. The molecular weight excluding hydrogens is 235 g/mol. The van der Waals surface area contributed by atoms with Crippen LogP contribution in [0.1, 0.15) is 19.4 Å². The first-order valence-corrected chi connectivity index (χ1v) is 4.77. The van der Waals surface area contributed by atoms with Crippen molar-refractivity contribution in [2.75, 3.05) is 0 Å². The Morgan fingerprint density at radius 2 is 2.00 bits per heavy atom. The van der Waals surface area contributed by atoms with Crippen LogP contribution in [0.5, 0.6) is 5.75 Å². The number of hydrogen-bond acceptors (Lipinski definition) is 2. The lowest BCUT2D eigenvalue weighted by Crippen LogP contribution is -2.08. The maximum atomic E-state index is 12.4. The summed E-state index contributed by atoms with van der Waals surface area (Å²) in [4.78, 5) is 2.47. The molecule has 1 aromatic rings. The molecule has 0 aliphatic rings. The first kappa shape index (κ1) is 13.2. The van der Waals surface area contributed by atoms with E-state index in [4.69, 9.17) is 10.3 Å². The first-order valence-electron chi connectivity index (χ1n) is 4.77. The molecular formula is C10H10F3N3O. The molecule has 0 spiro atoms. The predicted molar refractivity (Wildman–Crippen MR) is 56.0 cm³/mol. The standard InChI is InChI=1S/C10H10F3N3O/c1-6(2)17-9-4-3-7(10(11,12)13)5-8(9)15-16-14/h3-6H,1-2H3. The smallest absolute Gasteiger partial charge is 0.416 e. The lowest BCUT2D eigenvalue weighted by Gasteiger charge is -2.14. The molecule has 0 heterocycles. The molecule has 0 saturated carbocycles. The van der Waals surface area contributed by atoms with Crippen molar-refractivity contribution in [3.8, 4) is 5.75 Å². The van der Waals surface area contributed by atoms with Crippen LogP contribution in [-0.2, 0) is 6.18 Å². The molecule has 0 amide bonds. The maximum absolute atomic E-state index is 12.4. The third kappa shape index (κ3) is 3.57. The molecule has 0 N–H and O–H groups in total. The van der Waals surface area contributed by atoms with E-state index in [2.05, 4.69) is 10.0 Å². The monoisotopic (exact) mass is 245 g/mol. The number of alkyl halides is 3. The van der Waals surface area contributed by atoms with Gasteiger partial charge >= 0.3 is 6.18 Å². The van der Waals surface area contributed by atoms with Gasteiger partial charge in [0, 0.05) is 4.91 Å². The third-order valence-electron chi connectivity index (χ3n) is 1.80. The Labute approximate surface area is 95.6 Å². The number of nitrogens with zero attached hydrogens (tertiary/aromatic N) is 3. The van der Waals surface area contributed by atoms with Crippen molar-refractivity contribution in [1.29, 1.82) is 0 Å². The average Bonchev–Trinajstić information content (AvgIpc) is 2.18. The summed E-state index contributed by atoms with van der Waals surface area (Å²) in [5.74, 6) is 0.130. The summed E-state index contributed by atoms with van der Waals surface area (Å²) in [6, 6.07) is 2.79. The summed E-state index contributed by atoms with van der Waals surface area (Å²) >= 11 is 0. The van der Waals surface area contributed by atoms with Crippen molar-refractivity contribution in [3.63, 3.8) is 0 Å². The molecule has 17 heavy (non-hydrogen) atoms. The lowest BCUT2D eigenvalue weighted by atomic mass is 10.2. The van der Waals surface area contributed by atoms with Gasteiger partial charge in [0.05, 0.1) is 17.4 Å². The van der Waals surface area contributed by atoms with E-state index in [1.807, 2.05) is 0 Å². The van der Waals surface area contributed by atoms with E-state index in [0.29, 0.717) is 0 Å². The van der Waals surface area contributed by atoms with Crippen LogP contribution >= 0.6 is 0 Å². The Kier molecular flexibility index (Phi) is 3.85. The quantitative estimate of drug-likeness (QED) is 0.441. The fraction of sp³-hybridized carbons (Fsp3) is 0.400. The molecule has 0 unspecified atom stereocenters. The van der Waals surface area contributed by atoms with Gasteiger partial charge in [-0.3, -0.25) is 0 Å². The van der Waals surface area contributed by atoms with E-state index in [9.17, 15) is 13.2 Å². The lowest BCUT2D eigenvalue weighted by molar-refractivity contribution is -0.137. The average molecular weight is 245 g/mol. The molecule has 0 aliphatic carbocycles. The molecule has 0 fully saturated rings. The Bertz CT molecular complexity index is 451. The fourth-order valence-corrected chi connectivity index (χ4v) is 1.17. The zero-order chi connectivity index (χ0) is 13.1. The Balaban J connectivity index is 3.22. The Hall–Kier alpha value is -1.88. The molecule has 4 nitrogen and oxygen atoms in total. The Morgan fingerprint density at radius 3 is 2.47 bits per heavy atom. The number of ether oxygens (including phenoxy) is 1. The van der Waals surface area contributed by atoms with Crippen molar-refractivity contribution in [3.05, 3.63) is 34.2 Å². The number of benzene rings is 1. The predicted octanol–water partition coefficient (Wildman–Crippen LogP) is 4.43.